The van der Waals surface area contributed by atoms with Crippen molar-refractivity contribution in [3.63, 3.8) is 0 Å². The number of halogens is 8. The number of benzene rings is 3. The molecule has 10 nitrogen and oxygen atoms in total. The molecule has 0 N–H and O–H groups in total. The summed E-state index contributed by atoms with van der Waals surface area (Å²) in [5.74, 6) is -7.89. The minimum Gasteiger partial charge on any atom is -0.491 e. The quantitative estimate of drug-likeness (QED) is 0.0254. The van der Waals surface area contributed by atoms with Gasteiger partial charge in [-0.05, 0) is 111 Å². The molecule has 2 fully saturated rings. The first kappa shape index (κ1) is 51.9. The molecule has 2 heterocycles. The monoisotopic (exact) mass is 942 g/mol. The van der Waals surface area contributed by atoms with Crippen molar-refractivity contribution >= 4 is 24.1 Å². The Morgan fingerprint density at radius 1 is 0.561 bits per heavy atom. The van der Waals surface area contributed by atoms with Crippen LogP contribution in [0.5, 0.6) is 23.0 Å². The lowest BCUT2D eigenvalue weighted by atomic mass is 9.84. The second kappa shape index (κ2) is 24.1. The lowest BCUT2D eigenvalue weighted by molar-refractivity contribution is -0.164. The van der Waals surface area contributed by atoms with Crippen molar-refractivity contribution in [2.24, 2.45) is 10.8 Å². The summed E-state index contributed by atoms with van der Waals surface area (Å²) in [6.45, 7) is 9.84. The molecule has 66 heavy (non-hydrogen) atoms. The zero-order valence-corrected chi connectivity index (χ0v) is 36.8. The molecule has 0 bridgehead atoms. The fraction of sp³-hybridized carbons (Fsp3) is 0.500. The molecule has 362 valence electrons. The van der Waals surface area contributed by atoms with Crippen molar-refractivity contribution in [3.8, 4) is 23.0 Å². The molecule has 3 aromatic carbocycles. The van der Waals surface area contributed by atoms with E-state index in [1.807, 2.05) is 0 Å². The summed E-state index contributed by atoms with van der Waals surface area (Å²) >= 11 is 0. The maximum atomic E-state index is 14.7. The molecule has 0 aliphatic carbocycles. The summed E-state index contributed by atoms with van der Waals surface area (Å²) in [6.07, 6.45) is -2.05. The Morgan fingerprint density at radius 2 is 0.924 bits per heavy atom. The fourth-order valence-electron chi connectivity index (χ4n) is 6.85. The number of carbonyl (C=O) groups is 2. The van der Waals surface area contributed by atoms with Crippen molar-refractivity contribution in [1.82, 2.24) is 0 Å². The van der Waals surface area contributed by atoms with Crippen LogP contribution < -0.4 is 18.9 Å². The van der Waals surface area contributed by atoms with Crippen molar-refractivity contribution in [2.75, 3.05) is 66.1 Å². The predicted molar refractivity (Wildman–Crippen MR) is 226 cm³/mol. The summed E-state index contributed by atoms with van der Waals surface area (Å²) in [7, 11) is 0. The number of carbonyl (C=O) groups excluding carboxylic acids is 2. The number of esters is 2. The molecule has 0 amide bonds. The third-order valence-corrected chi connectivity index (χ3v) is 11.2. The third kappa shape index (κ3) is 15.3. The molecule has 0 saturated carbocycles. The average Bonchev–Trinajstić information content (AvgIpc) is 3.23. The van der Waals surface area contributed by atoms with Crippen LogP contribution in [-0.4, -0.2) is 78.0 Å². The lowest BCUT2D eigenvalue weighted by Crippen LogP contribution is -2.45. The highest BCUT2D eigenvalue weighted by Gasteiger charge is 2.49. The van der Waals surface area contributed by atoms with Gasteiger partial charge < -0.3 is 37.9 Å². The summed E-state index contributed by atoms with van der Waals surface area (Å²) in [5, 5.41) is 0. The van der Waals surface area contributed by atoms with Gasteiger partial charge in [0.1, 0.15) is 22.6 Å². The maximum Gasteiger partial charge on any atom is 0.420 e. The van der Waals surface area contributed by atoms with Gasteiger partial charge in [0, 0.05) is 36.2 Å². The van der Waals surface area contributed by atoms with Crippen LogP contribution in [-0.2, 0) is 40.9 Å². The lowest BCUT2D eigenvalue weighted by Gasteiger charge is -2.40. The smallest absolute Gasteiger partial charge is 0.420 e. The molecular weight excluding hydrogens is 889 g/mol. The third-order valence-electron chi connectivity index (χ3n) is 11.2. The largest absolute Gasteiger partial charge is 0.491 e. The second-order valence-electron chi connectivity index (χ2n) is 16.3. The number of unbranched alkanes of at least 4 members (excludes halogenated alkanes) is 4. The van der Waals surface area contributed by atoms with E-state index in [1.165, 1.54) is 24.3 Å². The number of ether oxygens (including phenoxy) is 8. The van der Waals surface area contributed by atoms with Crippen LogP contribution >= 0.6 is 0 Å². The minimum atomic E-state index is -5.77. The molecule has 0 spiro atoms. The van der Waals surface area contributed by atoms with Gasteiger partial charge in [-0.3, -0.25) is 0 Å². The normalized spacial score (nSPS) is 15.7. The van der Waals surface area contributed by atoms with E-state index in [0.717, 1.165) is 62.8 Å². The molecule has 0 atom stereocenters. The van der Waals surface area contributed by atoms with Crippen molar-refractivity contribution in [3.05, 3.63) is 94.6 Å². The Bertz CT molecular complexity index is 1970. The maximum absolute atomic E-state index is 14.7. The van der Waals surface area contributed by atoms with E-state index < -0.39 is 58.6 Å². The minimum absolute atomic E-state index is 0.0636. The van der Waals surface area contributed by atoms with Crippen LogP contribution in [0.15, 0.2) is 60.7 Å². The SMILES string of the molecule is CCC1(COCCCCCOc2ccc(C=CC(=O)Oc3ccc(OC(=O)C=Cc4ccc(OCCCCCOCC5(CC)COC5)c(F)c4)c(C(F)(F)F)c3C(F)(F)F)cc2F)COC1. The standard InChI is InChI=1S/C48H54F8O10/c1-3-45(29-61-30-45)27-59-21-7-5-9-23-63-37-15-11-33(25-35(37)49)13-19-41(57)65-39-17-18-40(44(48(54,55)56)43(39)47(51,52)53)66-42(58)20-14-34-12-16-38(36(50)26-34)64-24-10-6-8-22-60-28-46(4-2)31-62-32-46/h11-20,25-26H,3-10,21-24,27-32H2,1-2H3. The van der Waals surface area contributed by atoms with Crippen LogP contribution in [0.4, 0.5) is 35.1 Å². The number of hydrogen-bond donors (Lipinski definition) is 0. The van der Waals surface area contributed by atoms with Crippen LogP contribution in [0.3, 0.4) is 0 Å². The van der Waals surface area contributed by atoms with Crippen LogP contribution in [0.1, 0.15) is 87.5 Å². The van der Waals surface area contributed by atoms with E-state index in [4.69, 9.17) is 28.4 Å². The van der Waals surface area contributed by atoms with E-state index in [-0.39, 0.29) is 46.7 Å². The van der Waals surface area contributed by atoms with Gasteiger partial charge in [0.2, 0.25) is 0 Å². The molecule has 0 aromatic heterocycles. The summed E-state index contributed by atoms with van der Waals surface area (Å²) in [5.41, 5.74) is -4.54. The molecule has 5 rings (SSSR count). The molecule has 18 heteroatoms. The second-order valence-corrected chi connectivity index (χ2v) is 16.3. The Balaban J connectivity index is 1.10. The molecule has 3 aromatic rings. The summed E-state index contributed by atoms with van der Waals surface area (Å²) in [4.78, 5) is 25.2. The van der Waals surface area contributed by atoms with E-state index in [9.17, 15) is 44.7 Å². The summed E-state index contributed by atoms with van der Waals surface area (Å²) in [6, 6.07) is 7.99. The predicted octanol–water partition coefficient (Wildman–Crippen LogP) is 11.2. The highest BCUT2D eigenvalue weighted by Crippen LogP contribution is 2.49. The van der Waals surface area contributed by atoms with E-state index in [0.29, 0.717) is 90.0 Å². The Hall–Kier alpha value is -5.04. The topological polar surface area (TPSA) is 108 Å². The Morgan fingerprint density at radius 3 is 1.24 bits per heavy atom. The van der Waals surface area contributed by atoms with E-state index >= 15 is 0 Å². The van der Waals surface area contributed by atoms with Crippen molar-refractivity contribution in [2.45, 2.75) is 77.6 Å². The van der Waals surface area contributed by atoms with Gasteiger partial charge in [-0.2, -0.15) is 26.3 Å². The van der Waals surface area contributed by atoms with Crippen LogP contribution in [0, 0.1) is 22.5 Å². The first-order valence-electron chi connectivity index (χ1n) is 21.7. The summed E-state index contributed by atoms with van der Waals surface area (Å²) < 4.78 is 157. The Labute approximate surface area is 378 Å². The first-order valence-corrected chi connectivity index (χ1v) is 21.7. The molecule has 2 aliphatic rings. The highest BCUT2D eigenvalue weighted by molar-refractivity contribution is 5.90. The van der Waals surface area contributed by atoms with Gasteiger partial charge in [-0.25, -0.2) is 18.4 Å². The average molecular weight is 943 g/mol. The Kier molecular flexibility index (Phi) is 19.0. The molecule has 0 radical (unpaired) electrons. The zero-order valence-electron chi connectivity index (χ0n) is 36.8. The molecule has 0 unspecified atom stereocenters. The van der Waals surface area contributed by atoms with Gasteiger partial charge in [0.15, 0.2) is 23.1 Å². The van der Waals surface area contributed by atoms with Crippen molar-refractivity contribution in [1.29, 1.82) is 0 Å². The van der Waals surface area contributed by atoms with Crippen LogP contribution in [0.2, 0.25) is 0 Å². The highest BCUT2D eigenvalue weighted by atomic mass is 19.4. The zero-order chi connectivity index (χ0) is 47.8. The van der Waals surface area contributed by atoms with Gasteiger partial charge in [0.25, 0.3) is 0 Å². The number of hydrogen-bond acceptors (Lipinski definition) is 10. The van der Waals surface area contributed by atoms with Crippen LogP contribution in [0.25, 0.3) is 12.2 Å². The van der Waals surface area contributed by atoms with Gasteiger partial charge in [-0.1, -0.05) is 26.0 Å². The first-order chi connectivity index (χ1) is 31.5. The van der Waals surface area contributed by atoms with Crippen molar-refractivity contribution < 1.29 is 82.6 Å². The van der Waals surface area contributed by atoms with Gasteiger partial charge >= 0.3 is 24.3 Å². The molecule has 2 aliphatic heterocycles. The molecule has 2 saturated heterocycles. The van der Waals surface area contributed by atoms with Gasteiger partial charge in [-0.15, -0.1) is 0 Å². The number of rotatable bonds is 26. The number of alkyl halides is 6. The van der Waals surface area contributed by atoms with E-state index in [2.05, 4.69) is 23.3 Å². The fourth-order valence-corrected chi connectivity index (χ4v) is 6.85. The molecular formula is C48H54F8O10. The van der Waals surface area contributed by atoms with E-state index in [1.54, 1.807) is 0 Å². The van der Waals surface area contributed by atoms with Gasteiger partial charge in [0.05, 0.1) is 52.9 Å².